The summed E-state index contributed by atoms with van der Waals surface area (Å²) in [6.45, 7) is 7.42. The van der Waals surface area contributed by atoms with Gasteiger partial charge in [-0.25, -0.2) is 0 Å². The smallest absolute Gasteiger partial charge is 0.314 e. The molecule has 0 saturated carbocycles. The maximum absolute atomic E-state index is 12.8. The maximum atomic E-state index is 12.8. The second-order valence-corrected chi connectivity index (χ2v) is 7.13. The third kappa shape index (κ3) is 3.68. The number of hydrogen-bond donors (Lipinski definition) is 0. The van der Waals surface area contributed by atoms with Crippen molar-refractivity contribution in [3.63, 3.8) is 0 Å². The van der Waals surface area contributed by atoms with Crippen LogP contribution in [0.4, 0.5) is 0 Å². The summed E-state index contributed by atoms with van der Waals surface area (Å²) in [5.74, 6) is 0.0121. The highest BCUT2D eigenvalue weighted by atomic mass is 16.5. The van der Waals surface area contributed by atoms with E-state index in [-0.39, 0.29) is 17.8 Å². The minimum absolute atomic E-state index is 0.0352. The number of rotatable bonds is 4. The number of likely N-dealkylation sites (tertiary alicyclic amines) is 2. The van der Waals surface area contributed by atoms with Crippen molar-refractivity contribution in [2.45, 2.75) is 33.2 Å². The lowest BCUT2D eigenvalue weighted by atomic mass is 9.75. The molecule has 2 fully saturated rings. The molecule has 1 aromatic heterocycles. The number of esters is 1. The van der Waals surface area contributed by atoms with Crippen LogP contribution in [0.2, 0.25) is 0 Å². The molecule has 1 amide bonds. The zero-order valence-electron chi connectivity index (χ0n) is 15.1. The van der Waals surface area contributed by atoms with Crippen LogP contribution in [0.25, 0.3) is 0 Å². The lowest BCUT2D eigenvalue weighted by molar-refractivity contribution is -0.157. The fourth-order valence-corrected chi connectivity index (χ4v) is 4.22. The summed E-state index contributed by atoms with van der Waals surface area (Å²) in [4.78, 5) is 33.3. The molecule has 136 valence electrons. The third-order valence-electron chi connectivity index (χ3n) is 5.51. The van der Waals surface area contributed by atoms with E-state index in [1.54, 1.807) is 6.92 Å². The van der Waals surface area contributed by atoms with E-state index in [4.69, 9.17) is 4.74 Å². The second kappa shape index (κ2) is 7.52. The summed E-state index contributed by atoms with van der Waals surface area (Å²) in [6.07, 6.45) is 3.51. The number of carbonyl (C=O) groups is 2. The number of amides is 1. The molecule has 2 saturated heterocycles. The Hall–Kier alpha value is -1.95. The molecule has 6 heteroatoms. The molecule has 0 spiro atoms. The molecular formula is C19H27N3O3. The Morgan fingerprint density at radius 3 is 2.88 bits per heavy atom. The summed E-state index contributed by atoms with van der Waals surface area (Å²) in [7, 11) is 0. The number of hydrogen-bond acceptors (Lipinski definition) is 5. The molecule has 6 nitrogen and oxygen atoms in total. The van der Waals surface area contributed by atoms with Gasteiger partial charge in [0, 0.05) is 45.2 Å². The first-order chi connectivity index (χ1) is 12.0. The van der Waals surface area contributed by atoms with Gasteiger partial charge >= 0.3 is 5.97 Å². The summed E-state index contributed by atoms with van der Waals surface area (Å²) >= 11 is 0. The van der Waals surface area contributed by atoms with E-state index in [2.05, 4.69) is 9.88 Å². The van der Waals surface area contributed by atoms with E-state index in [1.165, 1.54) is 0 Å². The van der Waals surface area contributed by atoms with Crippen molar-refractivity contribution in [1.82, 2.24) is 14.8 Å². The van der Waals surface area contributed by atoms with Crippen LogP contribution in [-0.2, 0) is 20.9 Å². The van der Waals surface area contributed by atoms with E-state index in [9.17, 15) is 9.59 Å². The Morgan fingerprint density at radius 2 is 2.20 bits per heavy atom. The number of pyridine rings is 1. The minimum Gasteiger partial charge on any atom is -0.466 e. The van der Waals surface area contributed by atoms with Crippen LogP contribution in [-0.4, -0.2) is 59.4 Å². The Kier molecular flexibility index (Phi) is 5.37. The molecule has 1 aromatic rings. The highest BCUT2D eigenvalue weighted by Gasteiger charge is 2.54. The molecule has 2 aliphatic heterocycles. The summed E-state index contributed by atoms with van der Waals surface area (Å²) < 4.78 is 5.42. The van der Waals surface area contributed by atoms with E-state index >= 15 is 0 Å². The van der Waals surface area contributed by atoms with Crippen LogP contribution >= 0.6 is 0 Å². The first kappa shape index (κ1) is 17.9. The highest BCUT2D eigenvalue weighted by molar-refractivity contribution is 5.81. The molecule has 0 bridgehead atoms. The van der Waals surface area contributed by atoms with Crippen molar-refractivity contribution < 1.29 is 14.3 Å². The molecular weight excluding hydrogens is 318 g/mol. The van der Waals surface area contributed by atoms with Crippen LogP contribution in [0.3, 0.4) is 0 Å². The lowest BCUT2D eigenvalue weighted by Crippen LogP contribution is -2.42. The third-order valence-corrected chi connectivity index (χ3v) is 5.51. The van der Waals surface area contributed by atoms with Crippen molar-refractivity contribution in [3.8, 4) is 0 Å². The fraction of sp³-hybridized carbons (Fsp3) is 0.632. The molecule has 0 N–H and O–H groups in total. The topological polar surface area (TPSA) is 62.7 Å². The number of fused-ring (bicyclic) bond motifs is 1. The van der Waals surface area contributed by atoms with Gasteiger partial charge in [-0.15, -0.1) is 0 Å². The van der Waals surface area contributed by atoms with Crippen LogP contribution in [0.15, 0.2) is 24.4 Å². The number of carbonyl (C=O) groups excluding carboxylic acids is 2. The predicted molar refractivity (Wildman–Crippen MR) is 93.6 cm³/mol. The molecule has 3 heterocycles. The largest absolute Gasteiger partial charge is 0.466 e. The summed E-state index contributed by atoms with van der Waals surface area (Å²) in [5.41, 5.74) is 0.480. The maximum Gasteiger partial charge on any atom is 0.314 e. The standard InChI is InChI=1S/C19H27N3O3/c1-3-25-18(24)19-8-6-10-21(13-17-7-4-5-9-20-17)11-16(19)12-22(14-19)15(2)23/h4-5,7,9,16H,3,6,8,10-14H2,1-2H3/t16-,19-/m1/s1. The van der Waals surface area contributed by atoms with E-state index in [1.807, 2.05) is 36.2 Å². The Morgan fingerprint density at radius 1 is 1.36 bits per heavy atom. The molecule has 25 heavy (non-hydrogen) atoms. The average molecular weight is 345 g/mol. The van der Waals surface area contributed by atoms with Gasteiger partial charge in [0.05, 0.1) is 17.7 Å². The van der Waals surface area contributed by atoms with Crippen molar-refractivity contribution in [2.75, 3.05) is 32.8 Å². The monoisotopic (exact) mass is 345 g/mol. The molecule has 0 unspecified atom stereocenters. The average Bonchev–Trinajstić information content (AvgIpc) is 2.87. The molecule has 2 aliphatic rings. The lowest BCUT2D eigenvalue weighted by Gasteiger charge is -2.31. The quantitative estimate of drug-likeness (QED) is 0.778. The van der Waals surface area contributed by atoms with Gasteiger partial charge in [-0.3, -0.25) is 19.5 Å². The van der Waals surface area contributed by atoms with Gasteiger partial charge in [0.1, 0.15) is 0 Å². The minimum atomic E-state index is -0.555. The molecule has 0 aromatic carbocycles. The number of ether oxygens (including phenoxy) is 1. The van der Waals surface area contributed by atoms with Crippen LogP contribution < -0.4 is 0 Å². The van der Waals surface area contributed by atoms with Gasteiger partial charge in [0.15, 0.2) is 0 Å². The van der Waals surface area contributed by atoms with Crippen molar-refractivity contribution >= 4 is 11.9 Å². The van der Waals surface area contributed by atoms with Gasteiger partial charge in [-0.05, 0) is 38.4 Å². The van der Waals surface area contributed by atoms with Crippen molar-refractivity contribution in [2.24, 2.45) is 11.3 Å². The molecule has 2 atom stereocenters. The van der Waals surface area contributed by atoms with Gasteiger partial charge in [-0.1, -0.05) is 6.07 Å². The molecule has 3 rings (SSSR count). The van der Waals surface area contributed by atoms with Crippen molar-refractivity contribution in [1.29, 1.82) is 0 Å². The van der Waals surface area contributed by atoms with E-state index in [0.717, 1.165) is 38.2 Å². The molecule has 0 aliphatic carbocycles. The first-order valence-corrected chi connectivity index (χ1v) is 9.10. The van der Waals surface area contributed by atoms with Gasteiger partial charge in [0.25, 0.3) is 0 Å². The SMILES string of the molecule is CCOC(=O)[C@@]12CCCN(Cc3ccccn3)C[C@@H]1CN(C(C)=O)C2. The predicted octanol–water partition coefficient (Wildman–Crippen LogP) is 1.71. The normalized spacial score (nSPS) is 26.8. The van der Waals surface area contributed by atoms with E-state index < -0.39 is 5.41 Å². The van der Waals surface area contributed by atoms with Crippen LogP contribution in [0, 0.1) is 11.3 Å². The zero-order valence-corrected chi connectivity index (χ0v) is 15.1. The van der Waals surface area contributed by atoms with Crippen molar-refractivity contribution in [3.05, 3.63) is 30.1 Å². The Bertz CT molecular complexity index is 622. The van der Waals surface area contributed by atoms with Gasteiger partial charge < -0.3 is 9.64 Å². The first-order valence-electron chi connectivity index (χ1n) is 9.10. The second-order valence-electron chi connectivity index (χ2n) is 7.13. The van der Waals surface area contributed by atoms with E-state index in [0.29, 0.717) is 19.7 Å². The zero-order chi connectivity index (χ0) is 17.9. The van der Waals surface area contributed by atoms with Crippen LogP contribution in [0.5, 0.6) is 0 Å². The Balaban J connectivity index is 1.80. The fourth-order valence-electron chi connectivity index (χ4n) is 4.22. The van der Waals surface area contributed by atoms with Crippen LogP contribution in [0.1, 0.15) is 32.4 Å². The van der Waals surface area contributed by atoms with Gasteiger partial charge in [0.2, 0.25) is 5.91 Å². The number of nitrogens with zero attached hydrogens (tertiary/aromatic N) is 3. The van der Waals surface area contributed by atoms with Gasteiger partial charge in [-0.2, -0.15) is 0 Å². The number of aromatic nitrogens is 1. The Labute approximate surface area is 149 Å². The summed E-state index contributed by atoms with van der Waals surface area (Å²) in [5, 5.41) is 0. The highest BCUT2D eigenvalue weighted by Crippen LogP contribution is 2.44. The summed E-state index contributed by atoms with van der Waals surface area (Å²) in [6, 6.07) is 5.94. The molecule has 0 radical (unpaired) electrons.